The van der Waals surface area contributed by atoms with Crippen LogP contribution in [0.15, 0.2) is 0 Å². The normalized spacial score (nSPS) is 40.4. The van der Waals surface area contributed by atoms with Crippen molar-refractivity contribution in [1.82, 2.24) is 0 Å². The fraction of sp³-hybridized carbons (Fsp3) is 1.00. The molecule has 3 fully saturated rings. The molecule has 0 amide bonds. The molecule has 3 saturated heterocycles. The van der Waals surface area contributed by atoms with Crippen LogP contribution in [0.25, 0.3) is 0 Å². The van der Waals surface area contributed by atoms with Crippen LogP contribution in [-0.4, -0.2) is 57.2 Å². The second kappa shape index (κ2) is 5.99. The minimum absolute atomic E-state index is 0.0942. The zero-order valence-corrected chi connectivity index (χ0v) is 18.0. The van der Waals surface area contributed by atoms with E-state index in [2.05, 4.69) is 33.9 Å². The van der Waals surface area contributed by atoms with Crippen molar-refractivity contribution in [3.8, 4) is 0 Å². The summed E-state index contributed by atoms with van der Waals surface area (Å²) in [7, 11) is -2.02. The first-order valence-electron chi connectivity index (χ1n) is 9.22. The maximum atomic E-state index is 6.74. The third-order valence-electron chi connectivity index (χ3n) is 5.66. The molecule has 3 rings (SSSR count). The predicted octanol–water partition coefficient (Wildman–Crippen LogP) is 3.40. The van der Waals surface area contributed by atoms with Crippen molar-refractivity contribution < 1.29 is 28.1 Å². The van der Waals surface area contributed by atoms with Crippen LogP contribution in [-0.2, 0) is 28.1 Å². The van der Waals surface area contributed by atoms with Gasteiger partial charge >= 0.3 is 0 Å². The van der Waals surface area contributed by atoms with Gasteiger partial charge in [-0.05, 0) is 45.8 Å². The molecule has 7 heteroatoms. The van der Waals surface area contributed by atoms with Gasteiger partial charge in [0, 0.05) is 0 Å². The molecule has 25 heavy (non-hydrogen) atoms. The van der Waals surface area contributed by atoms with Gasteiger partial charge in [0.25, 0.3) is 0 Å². The summed E-state index contributed by atoms with van der Waals surface area (Å²) in [5, 5.41) is 0.0942. The molecule has 0 aromatic heterocycles. The highest BCUT2D eigenvalue weighted by Gasteiger charge is 2.60. The molecule has 0 radical (unpaired) electrons. The van der Waals surface area contributed by atoms with E-state index in [1.54, 1.807) is 0 Å². The van der Waals surface area contributed by atoms with Gasteiger partial charge < -0.3 is 28.1 Å². The van der Waals surface area contributed by atoms with Crippen molar-refractivity contribution >= 4 is 8.32 Å². The molecule has 3 aliphatic rings. The first-order chi connectivity index (χ1) is 11.2. The van der Waals surface area contributed by atoms with E-state index in [4.69, 9.17) is 28.1 Å². The lowest BCUT2D eigenvalue weighted by Crippen LogP contribution is -2.52. The Morgan fingerprint density at radius 3 is 2.08 bits per heavy atom. The number of ether oxygens (including phenoxy) is 5. The predicted molar refractivity (Wildman–Crippen MR) is 95.7 cm³/mol. The van der Waals surface area contributed by atoms with Gasteiger partial charge in [0.1, 0.15) is 24.4 Å². The molecule has 3 heterocycles. The van der Waals surface area contributed by atoms with E-state index in [1.165, 1.54) is 0 Å². The Kier molecular flexibility index (Phi) is 4.73. The van der Waals surface area contributed by atoms with E-state index in [9.17, 15) is 0 Å². The second-order valence-corrected chi connectivity index (χ2v) is 14.5. The highest BCUT2D eigenvalue weighted by molar-refractivity contribution is 6.74. The van der Waals surface area contributed by atoms with Gasteiger partial charge in [-0.3, -0.25) is 0 Å². The molecule has 0 aromatic rings. The Balaban J connectivity index is 1.83. The van der Waals surface area contributed by atoms with E-state index in [-0.39, 0.29) is 29.5 Å². The smallest absolute Gasteiger partial charge is 0.192 e. The first kappa shape index (κ1) is 19.7. The summed E-state index contributed by atoms with van der Waals surface area (Å²) in [6.45, 7) is 19.3. The van der Waals surface area contributed by atoms with Crippen LogP contribution in [0.3, 0.4) is 0 Å². The molecular formula is C18H34O6Si. The molecule has 0 N–H and O–H groups in total. The Labute approximate surface area is 152 Å². The molecule has 0 unspecified atom stereocenters. The van der Waals surface area contributed by atoms with Crippen LogP contribution in [0.1, 0.15) is 48.5 Å². The van der Waals surface area contributed by atoms with E-state index < -0.39 is 26.2 Å². The number of fused-ring (bicyclic) bond motifs is 1. The molecular weight excluding hydrogens is 340 g/mol. The lowest BCUT2D eigenvalue weighted by atomic mass is 10.1. The van der Waals surface area contributed by atoms with Crippen LogP contribution in [0.5, 0.6) is 0 Å². The SMILES string of the molecule is CC1(C)O[C@H]2O[C@H]([C@@H]3COC(C)(C)O3)[C@H](O[Si](C)(C)C(C)(C)C)[C@H]2O1. The molecule has 0 aliphatic carbocycles. The first-order valence-corrected chi connectivity index (χ1v) is 12.1. The monoisotopic (exact) mass is 374 g/mol. The van der Waals surface area contributed by atoms with Gasteiger partial charge in [-0.25, -0.2) is 0 Å². The van der Waals surface area contributed by atoms with E-state index in [0.29, 0.717) is 6.61 Å². The summed E-state index contributed by atoms with van der Waals surface area (Å²) in [4.78, 5) is 0. The van der Waals surface area contributed by atoms with Gasteiger partial charge in [-0.15, -0.1) is 0 Å². The van der Waals surface area contributed by atoms with E-state index >= 15 is 0 Å². The number of rotatable bonds is 3. The average Bonchev–Trinajstić information content (AvgIpc) is 2.99. The molecule has 0 spiro atoms. The Bertz CT molecular complexity index is 512. The molecule has 3 aliphatic heterocycles. The zero-order chi connectivity index (χ0) is 18.8. The summed E-state index contributed by atoms with van der Waals surface area (Å²) >= 11 is 0. The highest BCUT2D eigenvalue weighted by atomic mass is 28.4. The van der Waals surface area contributed by atoms with Gasteiger partial charge in [-0.2, -0.15) is 0 Å². The summed E-state index contributed by atoms with van der Waals surface area (Å²) in [5.41, 5.74) is 0. The number of hydrogen-bond donors (Lipinski definition) is 0. The maximum absolute atomic E-state index is 6.74. The van der Waals surface area contributed by atoms with Crippen molar-refractivity contribution in [2.24, 2.45) is 0 Å². The lowest BCUT2D eigenvalue weighted by molar-refractivity contribution is -0.231. The highest BCUT2D eigenvalue weighted by Crippen LogP contribution is 2.45. The van der Waals surface area contributed by atoms with Crippen LogP contribution in [0, 0.1) is 0 Å². The topological polar surface area (TPSA) is 55.4 Å². The number of hydrogen-bond acceptors (Lipinski definition) is 6. The van der Waals surface area contributed by atoms with Gasteiger partial charge in [-0.1, -0.05) is 20.8 Å². The minimum atomic E-state index is -2.02. The maximum Gasteiger partial charge on any atom is 0.192 e. The van der Waals surface area contributed by atoms with Gasteiger partial charge in [0.15, 0.2) is 26.2 Å². The standard InChI is InChI=1S/C18H34O6Si/c1-16(2,3)25(8,9)24-13-12(11-10-19-17(4,5)21-11)20-15-14(13)22-18(6,7)23-15/h11-15H,10H2,1-9H3/t11-,12+,13-,14+,15+/m0/s1. The van der Waals surface area contributed by atoms with Gasteiger partial charge in [0.05, 0.1) is 6.61 Å². The van der Waals surface area contributed by atoms with Crippen LogP contribution in [0.2, 0.25) is 18.1 Å². The van der Waals surface area contributed by atoms with E-state index in [0.717, 1.165) is 0 Å². The summed E-state index contributed by atoms with van der Waals surface area (Å²) in [5.74, 6) is -1.27. The fourth-order valence-electron chi connectivity index (χ4n) is 3.33. The Morgan fingerprint density at radius 2 is 1.56 bits per heavy atom. The van der Waals surface area contributed by atoms with E-state index in [1.807, 2.05) is 27.7 Å². The quantitative estimate of drug-likeness (QED) is 0.706. The van der Waals surface area contributed by atoms with Crippen LogP contribution in [0.4, 0.5) is 0 Å². The molecule has 6 nitrogen and oxygen atoms in total. The average molecular weight is 375 g/mol. The Hall–Kier alpha value is -0.0231. The van der Waals surface area contributed by atoms with Crippen molar-refractivity contribution in [3.05, 3.63) is 0 Å². The largest absolute Gasteiger partial charge is 0.408 e. The van der Waals surface area contributed by atoms with Crippen molar-refractivity contribution in [2.45, 2.75) is 109 Å². The summed E-state index contributed by atoms with van der Waals surface area (Å²) in [6.07, 6.45) is -1.36. The van der Waals surface area contributed by atoms with Crippen LogP contribution < -0.4 is 0 Å². The molecule has 0 bridgehead atoms. The van der Waals surface area contributed by atoms with Crippen molar-refractivity contribution in [3.63, 3.8) is 0 Å². The molecule has 0 saturated carbocycles. The fourth-order valence-corrected chi connectivity index (χ4v) is 4.63. The minimum Gasteiger partial charge on any atom is -0.408 e. The van der Waals surface area contributed by atoms with Crippen molar-refractivity contribution in [2.75, 3.05) is 6.61 Å². The molecule has 5 atom stereocenters. The molecule has 0 aromatic carbocycles. The lowest BCUT2D eigenvalue weighted by Gasteiger charge is -2.41. The van der Waals surface area contributed by atoms with Gasteiger partial charge in [0.2, 0.25) is 0 Å². The van der Waals surface area contributed by atoms with Crippen LogP contribution >= 0.6 is 0 Å². The second-order valence-electron chi connectivity index (χ2n) is 9.78. The summed E-state index contributed by atoms with van der Waals surface area (Å²) in [6, 6.07) is 0. The Morgan fingerprint density at radius 1 is 0.920 bits per heavy atom. The third kappa shape index (κ3) is 3.83. The third-order valence-corrected chi connectivity index (χ3v) is 10.1. The molecule has 146 valence electrons. The zero-order valence-electron chi connectivity index (χ0n) is 17.0. The summed E-state index contributed by atoms with van der Waals surface area (Å²) < 4.78 is 36.8. The van der Waals surface area contributed by atoms with Crippen molar-refractivity contribution in [1.29, 1.82) is 0 Å².